The molecule has 1 heterocycles. The van der Waals surface area contributed by atoms with Gasteiger partial charge in [-0.05, 0) is 19.3 Å². The van der Waals surface area contributed by atoms with Crippen molar-refractivity contribution in [2.24, 2.45) is 0 Å². The summed E-state index contributed by atoms with van der Waals surface area (Å²) >= 11 is 0. The van der Waals surface area contributed by atoms with E-state index >= 15 is 0 Å². The third kappa shape index (κ3) is 8.17. The van der Waals surface area contributed by atoms with Crippen LogP contribution in [0.4, 0.5) is 0 Å². The Kier molecular flexibility index (Phi) is 13.3. The Labute approximate surface area is 155 Å². The van der Waals surface area contributed by atoms with Crippen LogP contribution in [0.2, 0.25) is 0 Å². The maximum Gasteiger partial charge on any atom is 0.189 e. The van der Waals surface area contributed by atoms with Crippen LogP contribution in [0.25, 0.3) is 0 Å². The van der Waals surface area contributed by atoms with Crippen LogP contribution in [-0.4, -0.2) is 62.2 Å². The van der Waals surface area contributed by atoms with Crippen molar-refractivity contribution >= 4 is 9.47 Å². The second-order valence-corrected chi connectivity index (χ2v) is 6.75. The number of ether oxygens (including phenoxy) is 4. The number of hydrogen-bond acceptors (Lipinski definition) is 6. The minimum absolute atomic E-state index is 0.320. The summed E-state index contributed by atoms with van der Waals surface area (Å²) in [4.78, 5) is 0. The van der Waals surface area contributed by atoms with E-state index in [2.05, 4.69) is 30.2 Å². The molecule has 0 saturated carbocycles. The van der Waals surface area contributed by atoms with Gasteiger partial charge in [0, 0.05) is 29.3 Å². The predicted octanol–water partition coefficient (Wildman–Crippen LogP) is 3.07. The minimum atomic E-state index is -0.804. The number of unbranched alkanes of at least 4 members (excludes halogenated alkanes) is 3. The highest BCUT2D eigenvalue weighted by Crippen LogP contribution is 2.28. The first-order valence-electron chi connectivity index (χ1n) is 9.69. The largest absolute Gasteiger partial charge is 0.387 e. The van der Waals surface area contributed by atoms with Crippen molar-refractivity contribution in [2.75, 3.05) is 26.4 Å². The fraction of sp³-hybridized carbons (Fsp3) is 1.00. The highest BCUT2D eigenvalue weighted by atomic mass is 31.0. The van der Waals surface area contributed by atoms with Gasteiger partial charge in [-0.15, -0.1) is 0 Å². The molecule has 1 aliphatic heterocycles. The van der Waals surface area contributed by atoms with Crippen LogP contribution in [0.1, 0.15) is 59.3 Å². The van der Waals surface area contributed by atoms with Gasteiger partial charge in [0.05, 0.1) is 6.61 Å². The van der Waals surface area contributed by atoms with E-state index in [0.717, 1.165) is 38.5 Å². The quantitative estimate of drug-likeness (QED) is 0.369. The molecule has 0 aliphatic carbocycles. The van der Waals surface area contributed by atoms with Gasteiger partial charge in [0.15, 0.2) is 6.29 Å². The molecular formula is C18H37O6P. The lowest BCUT2D eigenvalue weighted by molar-refractivity contribution is -0.295. The van der Waals surface area contributed by atoms with Crippen molar-refractivity contribution in [3.8, 4) is 0 Å². The molecule has 4 unspecified atom stereocenters. The zero-order chi connectivity index (χ0) is 18.5. The lowest BCUT2D eigenvalue weighted by Gasteiger charge is -2.43. The van der Waals surface area contributed by atoms with E-state index in [9.17, 15) is 5.11 Å². The monoisotopic (exact) mass is 380 g/mol. The smallest absolute Gasteiger partial charge is 0.189 e. The summed E-state index contributed by atoms with van der Waals surface area (Å²) in [6.45, 7) is 8.49. The summed E-state index contributed by atoms with van der Waals surface area (Å²) in [5.74, 6) is 0. The lowest BCUT2D eigenvalue weighted by atomic mass is 9.98. The van der Waals surface area contributed by atoms with Gasteiger partial charge in [-0.1, -0.05) is 40.0 Å². The number of hydrogen-bond donors (Lipinski definition) is 1. The SMILES string of the molecule is CCCCOCC1O[C@@H](OP)C(OCCCC)C(OCCCC)[C@H]1O. The lowest BCUT2D eigenvalue weighted by Crippen LogP contribution is -2.60. The van der Waals surface area contributed by atoms with E-state index < -0.39 is 30.7 Å². The molecule has 0 radical (unpaired) electrons. The van der Waals surface area contributed by atoms with E-state index in [-0.39, 0.29) is 0 Å². The first kappa shape index (κ1) is 23.2. The van der Waals surface area contributed by atoms with E-state index in [1.54, 1.807) is 0 Å². The summed E-state index contributed by atoms with van der Waals surface area (Å²) in [7, 11) is 2.23. The fourth-order valence-corrected chi connectivity index (χ4v) is 2.90. The summed E-state index contributed by atoms with van der Waals surface area (Å²) < 4.78 is 28.8. The van der Waals surface area contributed by atoms with Gasteiger partial charge >= 0.3 is 0 Å². The molecular weight excluding hydrogens is 343 g/mol. The second-order valence-electron chi connectivity index (χ2n) is 6.48. The molecule has 1 N–H and O–H groups in total. The van der Waals surface area contributed by atoms with Gasteiger partial charge in [0.2, 0.25) is 0 Å². The average molecular weight is 380 g/mol. The van der Waals surface area contributed by atoms with Crippen molar-refractivity contribution in [3.63, 3.8) is 0 Å². The zero-order valence-corrected chi connectivity index (χ0v) is 17.2. The number of aliphatic hydroxyl groups excluding tert-OH is 1. The molecule has 0 aromatic rings. The first-order chi connectivity index (χ1) is 12.2. The van der Waals surface area contributed by atoms with E-state index in [1.807, 2.05) is 0 Å². The number of rotatable bonds is 14. The Morgan fingerprint density at radius 1 is 0.880 bits per heavy atom. The Morgan fingerprint density at radius 3 is 2.00 bits per heavy atom. The van der Waals surface area contributed by atoms with Gasteiger partial charge in [0.25, 0.3) is 0 Å². The Morgan fingerprint density at radius 2 is 1.44 bits per heavy atom. The Bertz CT molecular complexity index is 320. The first-order valence-corrected chi connectivity index (χ1v) is 10.2. The predicted molar refractivity (Wildman–Crippen MR) is 100 cm³/mol. The van der Waals surface area contributed by atoms with Gasteiger partial charge in [0.1, 0.15) is 24.4 Å². The third-order valence-corrected chi connectivity index (χ3v) is 4.56. The summed E-state index contributed by atoms with van der Waals surface area (Å²) in [5.41, 5.74) is 0. The topological polar surface area (TPSA) is 66.4 Å². The molecule has 1 fully saturated rings. The van der Waals surface area contributed by atoms with Crippen molar-refractivity contribution in [1.29, 1.82) is 0 Å². The molecule has 0 amide bonds. The highest BCUT2D eigenvalue weighted by Gasteiger charge is 2.47. The molecule has 0 aromatic heterocycles. The second kappa shape index (κ2) is 14.3. The Hall–Kier alpha value is 0.190. The zero-order valence-electron chi connectivity index (χ0n) is 16.0. The van der Waals surface area contributed by atoms with Crippen molar-refractivity contribution < 1.29 is 28.6 Å². The third-order valence-electron chi connectivity index (χ3n) is 4.29. The molecule has 0 spiro atoms. The standard InChI is InChI=1S/C18H37O6P/c1-4-7-10-20-13-14-15(19)16(21-11-8-5-2)17(18(23-14)24-25)22-12-9-6-3/h14-19H,4-13,25H2,1-3H3/t14?,15-,16?,17?,18-/m0/s1. The molecule has 1 rings (SSSR count). The molecule has 25 heavy (non-hydrogen) atoms. The van der Waals surface area contributed by atoms with Gasteiger partial charge < -0.3 is 28.6 Å². The van der Waals surface area contributed by atoms with Crippen LogP contribution >= 0.6 is 9.47 Å². The number of aliphatic hydroxyl groups is 1. The molecule has 1 saturated heterocycles. The van der Waals surface area contributed by atoms with E-state index in [4.69, 9.17) is 23.5 Å². The van der Waals surface area contributed by atoms with Crippen LogP contribution in [0, 0.1) is 0 Å². The van der Waals surface area contributed by atoms with Gasteiger partial charge in [-0.3, -0.25) is 0 Å². The van der Waals surface area contributed by atoms with Crippen molar-refractivity contribution in [3.05, 3.63) is 0 Å². The highest BCUT2D eigenvalue weighted by molar-refractivity contribution is 7.09. The van der Waals surface area contributed by atoms with Gasteiger partial charge in [-0.2, -0.15) is 0 Å². The van der Waals surface area contributed by atoms with Crippen LogP contribution in [0.15, 0.2) is 0 Å². The molecule has 0 bridgehead atoms. The average Bonchev–Trinajstić information content (AvgIpc) is 2.62. The van der Waals surface area contributed by atoms with Crippen LogP contribution in [-0.2, 0) is 23.5 Å². The Balaban J connectivity index is 2.70. The fourth-order valence-electron chi connectivity index (χ4n) is 2.68. The molecule has 7 heteroatoms. The van der Waals surface area contributed by atoms with Crippen LogP contribution in [0.3, 0.4) is 0 Å². The minimum Gasteiger partial charge on any atom is -0.387 e. The van der Waals surface area contributed by atoms with Crippen LogP contribution in [0.5, 0.6) is 0 Å². The maximum atomic E-state index is 10.8. The summed E-state index contributed by atoms with van der Waals surface area (Å²) in [6, 6.07) is 0. The molecule has 150 valence electrons. The normalized spacial score (nSPS) is 29.9. The molecule has 6 atom stereocenters. The molecule has 0 aromatic carbocycles. The molecule has 1 aliphatic rings. The van der Waals surface area contributed by atoms with Crippen molar-refractivity contribution in [1.82, 2.24) is 0 Å². The van der Waals surface area contributed by atoms with E-state index in [0.29, 0.717) is 26.4 Å². The maximum absolute atomic E-state index is 10.8. The van der Waals surface area contributed by atoms with Gasteiger partial charge in [-0.25, -0.2) is 0 Å². The van der Waals surface area contributed by atoms with Crippen LogP contribution < -0.4 is 0 Å². The summed E-state index contributed by atoms with van der Waals surface area (Å²) in [5, 5.41) is 10.8. The summed E-state index contributed by atoms with van der Waals surface area (Å²) in [6.07, 6.45) is 3.19. The van der Waals surface area contributed by atoms with E-state index in [1.165, 1.54) is 0 Å². The van der Waals surface area contributed by atoms with Crippen molar-refractivity contribution in [2.45, 2.75) is 90.0 Å². The molecule has 6 nitrogen and oxygen atoms in total.